The van der Waals surface area contributed by atoms with Crippen molar-refractivity contribution >= 4 is 5.96 Å². The third-order valence-electron chi connectivity index (χ3n) is 4.04. The van der Waals surface area contributed by atoms with Crippen LogP contribution in [0.4, 0.5) is 0 Å². The van der Waals surface area contributed by atoms with E-state index in [1.54, 1.807) is 7.05 Å². The zero-order valence-electron chi connectivity index (χ0n) is 15.4. The van der Waals surface area contributed by atoms with Crippen LogP contribution in [0.2, 0.25) is 0 Å². The number of guanidine groups is 1. The van der Waals surface area contributed by atoms with Gasteiger partial charge in [-0.1, -0.05) is 17.7 Å². The number of hydrogen-bond acceptors (Lipinski definition) is 4. The lowest BCUT2D eigenvalue weighted by Gasteiger charge is -2.22. The Morgan fingerprint density at radius 1 is 1.12 bits per heavy atom. The molecule has 0 bridgehead atoms. The maximum Gasteiger partial charge on any atom is 0.191 e. The zero-order valence-corrected chi connectivity index (χ0v) is 15.4. The quantitative estimate of drug-likeness (QED) is 0.406. The van der Waals surface area contributed by atoms with Crippen LogP contribution in [0.1, 0.15) is 24.8 Å². The molecule has 0 unspecified atom stereocenters. The normalized spacial score (nSPS) is 15.8. The average molecular weight is 349 g/mol. The summed E-state index contributed by atoms with van der Waals surface area (Å²) in [6, 6.07) is 8.07. The third kappa shape index (κ3) is 8.23. The van der Waals surface area contributed by atoms with Gasteiger partial charge in [-0.3, -0.25) is 4.99 Å². The summed E-state index contributed by atoms with van der Waals surface area (Å²) in [7, 11) is 1.77. The van der Waals surface area contributed by atoms with E-state index < -0.39 is 0 Å². The topological polar surface area (TPSA) is 64.1 Å². The van der Waals surface area contributed by atoms with Crippen molar-refractivity contribution in [2.75, 3.05) is 46.6 Å². The number of nitrogens with one attached hydrogen (secondary N) is 2. The van der Waals surface area contributed by atoms with Crippen LogP contribution in [0.25, 0.3) is 0 Å². The molecular formula is C19H31N3O3. The molecule has 1 fully saturated rings. The first-order valence-electron chi connectivity index (χ1n) is 9.11. The molecule has 1 saturated heterocycles. The Balaban J connectivity index is 1.49. The molecule has 0 aliphatic carbocycles. The van der Waals surface area contributed by atoms with Crippen molar-refractivity contribution in [3.05, 3.63) is 29.8 Å². The molecule has 0 amide bonds. The van der Waals surface area contributed by atoms with Crippen LogP contribution < -0.4 is 15.4 Å². The van der Waals surface area contributed by atoms with Crippen molar-refractivity contribution in [3.63, 3.8) is 0 Å². The van der Waals surface area contributed by atoms with Crippen molar-refractivity contribution in [1.29, 1.82) is 0 Å². The highest BCUT2D eigenvalue weighted by Crippen LogP contribution is 2.11. The second-order valence-corrected chi connectivity index (χ2v) is 6.12. The van der Waals surface area contributed by atoms with Gasteiger partial charge in [0, 0.05) is 33.4 Å². The van der Waals surface area contributed by atoms with Crippen molar-refractivity contribution < 1.29 is 14.2 Å². The second-order valence-electron chi connectivity index (χ2n) is 6.12. The van der Waals surface area contributed by atoms with Crippen LogP contribution in [-0.4, -0.2) is 58.6 Å². The fraction of sp³-hybridized carbons (Fsp3) is 0.632. The van der Waals surface area contributed by atoms with Gasteiger partial charge >= 0.3 is 0 Å². The van der Waals surface area contributed by atoms with E-state index in [1.165, 1.54) is 5.56 Å². The highest BCUT2D eigenvalue weighted by atomic mass is 16.5. The van der Waals surface area contributed by atoms with Crippen LogP contribution in [0.5, 0.6) is 5.75 Å². The highest BCUT2D eigenvalue weighted by molar-refractivity contribution is 5.79. The molecule has 0 atom stereocenters. The molecule has 1 heterocycles. The summed E-state index contributed by atoms with van der Waals surface area (Å²) in [6.45, 7) is 6.61. The third-order valence-corrected chi connectivity index (χ3v) is 4.04. The van der Waals surface area contributed by atoms with Crippen LogP contribution in [0.15, 0.2) is 29.3 Å². The Bertz CT molecular complexity index is 499. The van der Waals surface area contributed by atoms with Crippen molar-refractivity contribution in [1.82, 2.24) is 10.6 Å². The molecule has 1 aromatic carbocycles. The average Bonchev–Trinajstić information content (AvgIpc) is 2.65. The van der Waals surface area contributed by atoms with Gasteiger partial charge in [-0.25, -0.2) is 0 Å². The standard InChI is InChI=1S/C19H31N3O3/c1-16-4-6-17(7-5-16)25-15-11-22-19(20-2)21-10-3-12-24-18-8-13-23-14-9-18/h4-7,18H,3,8-15H2,1-2H3,(H2,20,21,22). The van der Waals surface area contributed by atoms with Crippen LogP contribution in [0, 0.1) is 6.92 Å². The first kappa shape index (κ1) is 19.5. The fourth-order valence-electron chi connectivity index (χ4n) is 2.57. The molecule has 2 N–H and O–H groups in total. The lowest BCUT2D eigenvalue weighted by Crippen LogP contribution is -2.40. The van der Waals surface area contributed by atoms with E-state index in [9.17, 15) is 0 Å². The molecule has 1 aromatic rings. The Labute approximate surface area is 151 Å². The first-order valence-corrected chi connectivity index (χ1v) is 9.11. The number of aryl methyl sites for hydroxylation is 1. The fourth-order valence-corrected chi connectivity index (χ4v) is 2.57. The molecular weight excluding hydrogens is 318 g/mol. The minimum absolute atomic E-state index is 0.366. The minimum Gasteiger partial charge on any atom is -0.492 e. The largest absolute Gasteiger partial charge is 0.492 e. The molecule has 25 heavy (non-hydrogen) atoms. The van der Waals surface area contributed by atoms with E-state index in [4.69, 9.17) is 14.2 Å². The molecule has 140 valence electrons. The summed E-state index contributed by atoms with van der Waals surface area (Å²) >= 11 is 0. The Morgan fingerprint density at radius 2 is 1.84 bits per heavy atom. The predicted molar refractivity (Wildman–Crippen MR) is 100 cm³/mol. The Morgan fingerprint density at radius 3 is 2.56 bits per heavy atom. The van der Waals surface area contributed by atoms with Gasteiger partial charge in [0.15, 0.2) is 5.96 Å². The van der Waals surface area contributed by atoms with Gasteiger partial charge < -0.3 is 24.8 Å². The minimum atomic E-state index is 0.366. The summed E-state index contributed by atoms with van der Waals surface area (Å²) in [5.41, 5.74) is 1.23. The molecule has 6 nitrogen and oxygen atoms in total. The maximum absolute atomic E-state index is 5.85. The molecule has 1 aliphatic heterocycles. The van der Waals surface area contributed by atoms with Crippen molar-refractivity contribution in [2.24, 2.45) is 4.99 Å². The Kier molecular flexibility index (Phi) is 9.15. The SMILES string of the molecule is CN=C(NCCCOC1CCOCC1)NCCOc1ccc(C)cc1. The summed E-state index contributed by atoms with van der Waals surface area (Å²) in [4.78, 5) is 4.21. The molecule has 6 heteroatoms. The van der Waals surface area contributed by atoms with E-state index in [0.29, 0.717) is 19.3 Å². The van der Waals surface area contributed by atoms with Gasteiger partial charge in [-0.15, -0.1) is 0 Å². The van der Waals surface area contributed by atoms with Gasteiger partial charge in [0.1, 0.15) is 12.4 Å². The summed E-state index contributed by atoms with van der Waals surface area (Å²) in [5.74, 6) is 1.68. The highest BCUT2D eigenvalue weighted by Gasteiger charge is 2.13. The van der Waals surface area contributed by atoms with E-state index >= 15 is 0 Å². The molecule has 0 saturated carbocycles. The van der Waals surface area contributed by atoms with E-state index in [-0.39, 0.29) is 0 Å². The summed E-state index contributed by atoms with van der Waals surface area (Å²) in [6.07, 6.45) is 3.35. The number of benzene rings is 1. The number of aliphatic imine (C=N–C) groups is 1. The summed E-state index contributed by atoms with van der Waals surface area (Å²) in [5, 5.41) is 6.54. The monoisotopic (exact) mass is 349 g/mol. The lowest BCUT2D eigenvalue weighted by molar-refractivity contribution is -0.0320. The van der Waals surface area contributed by atoms with E-state index in [0.717, 1.165) is 57.3 Å². The lowest BCUT2D eigenvalue weighted by atomic mass is 10.1. The molecule has 1 aliphatic rings. The summed E-state index contributed by atoms with van der Waals surface area (Å²) < 4.78 is 16.9. The van der Waals surface area contributed by atoms with Gasteiger partial charge in [0.05, 0.1) is 12.6 Å². The molecule has 0 aromatic heterocycles. The van der Waals surface area contributed by atoms with Crippen LogP contribution in [0.3, 0.4) is 0 Å². The maximum atomic E-state index is 5.85. The van der Waals surface area contributed by atoms with Gasteiger partial charge in [0.2, 0.25) is 0 Å². The number of rotatable bonds is 9. The van der Waals surface area contributed by atoms with Crippen LogP contribution >= 0.6 is 0 Å². The number of nitrogens with zero attached hydrogens (tertiary/aromatic N) is 1. The van der Waals surface area contributed by atoms with Gasteiger partial charge in [-0.2, -0.15) is 0 Å². The molecule has 0 spiro atoms. The second kappa shape index (κ2) is 11.7. The van der Waals surface area contributed by atoms with E-state index in [1.807, 2.05) is 24.3 Å². The van der Waals surface area contributed by atoms with Crippen molar-refractivity contribution in [2.45, 2.75) is 32.3 Å². The Hall–Kier alpha value is -1.79. The smallest absolute Gasteiger partial charge is 0.191 e. The first-order chi connectivity index (χ1) is 12.3. The number of ether oxygens (including phenoxy) is 3. The van der Waals surface area contributed by atoms with E-state index in [2.05, 4.69) is 22.5 Å². The predicted octanol–water partition coefficient (Wildman–Crippen LogP) is 2.12. The molecule has 2 rings (SSSR count). The van der Waals surface area contributed by atoms with Crippen LogP contribution in [-0.2, 0) is 9.47 Å². The van der Waals surface area contributed by atoms with Gasteiger partial charge in [-0.05, 0) is 38.3 Å². The molecule has 0 radical (unpaired) electrons. The van der Waals surface area contributed by atoms with Crippen molar-refractivity contribution in [3.8, 4) is 5.75 Å². The van der Waals surface area contributed by atoms with Gasteiger partial charge in [0.25, 0.3) is 0 Å². The zero-order chi connectivity index (χ0) is 17.7. The number of hydrogen-bond donors (Lipinski definition) is 2.